The lowest BCUT2D eigenvalue weighted by Gasteiger charge is -2.22. The fourth-order valence-electron chi connectivity index (χ4n) is 5.81. The molecule has 2 unspecified atom stereocenters. The third-order valence-corrected chi connectivity index (χ3v) is 8.31. The number of carbonyl (C=O) groups is 2. The highest BCUT2D eigenvalue weighted by Gasteiger charge is 2.32. The fourth-order valence-corrected chi connectivity index (χ4v) is 5.81. The van der Waals surface area contributed by atoms with Gasteiger partial charge in [-0.3, -0.25) is 9.59 Å². The van der Waals surface area contributed by atoms with E-state index in [4.69, 9.17) is 4.98 Å². The molecular weight excluding hydrogens is 570 g/mol. The Hall–Kier alpha value is -4.54. The average Bonchev–Trinajstić information content (AvgIpc) is 3.72. The number of Topliss-reactive ketones (excluding diaryl/α,β-unsaturated/α-hetero) is 1. The maximum atomic E-state index is 13.5. The second kappa shape index (κ2) is 17.2. The number of pyridine rings is 1. The Morgan fingerprint density at radius 1 is 1.11 bits per heavy atom. The number of benzene rings is 2. The number of nitrogens with one attached hydrogen (secondary N) is 2. The number of likely N-dealkylation sites (N-methyl/N-ethyl adjacent to an activating group) is 1. The number of amides is 1. The number of allylic oxidation sites excluding steroid dienone is 4. The monoisotopic (exact) mass is 619 g/mol. The van der Waals surface area contributed by atoms with E-state index in [0.29, 0.717) is 28.8 Å². The van der Waals surface area contributed by atoms with Crippen LogP contribution in [0.1, 0.15) is 94.9 Å². The zero-order valence-corrected chi connectivity index (χ0v) is 28.7. The van der Waals surface area contributed by atoms with Crippen LogP contribution in [-0.2, 0) is 11.2 Å². The van der Waals surface area contributed by atoms with Gasteiger partial charge in [-0.25, -0.2) is 4.98 Å². The molecule has 3 aromatic rings. The van der Waals surface area contributed by atoms with Crippen LogP contribution in [-0.4, -0.2) is 42.4 Å². The molecule has 5 rings (SSSR count). The highest BCUT2D eigenvalue weighted by Crippen LogP contribution is 2.34. The van der Waals surface area contributed by atoms with E-state index in [-0.39, 0.29) is 23.1 Å². The summed E-state index contributed by atoms with van der Waals surface area (Å²) in [5, 5.41) is 16.6. The van der Waals surface area contributed by atoms with Gasteiger partial charge in [0.15, 0.2) is 11.6 Å². The number of para-hydroxylation sites is 1. The van der Waals surface area contributed by atoms with Gasteiger partial charge < -0.3 is 15.5 Å². The predicted molar refractivity (Wildman–Crippen MR) is 191 cm³/mol. The number of hydrogen-bond acceptors (Lipinski definition) is 6. The Balaban J connectivity index is 0.000000558. The second-order valence-corrected chi connectivity index (χ2v) is 11.6. The van der Waals surface area contributed by atoms with Crippen molar-refractivity contribution in [3.63, 3.8) is 0 Å². The van der Waals surface area contributed by atoms with Crippen LogP contribution in [0, 0.1) is 11.3 Å². The van der Waals surface area contributed by atoms with Gasteiger partial charge in [0, 0.05) is 36.3 Å². The largest absolute Gasteiger partial charge is 0.362 e. The summed E-state index contributed by atoms with van der Waals surface area (Å²) < 4.78 is 0. The number of anilines is 2. The highest BCUT2D eigenvalue weighted by molar-refractivity contribution is 6.00. The maximum Gasteiger partial charge on any atom is 0.248 e. The Morgan fingerprint density at radius 2 is 1.85 bits per heavy atom. The third-order valence-electron chi connectivity index (χ3n) is 8.31. The van der Waals surface area contributed by atoms with Crippen molar-refractivity contribution in [2.24, 2.45) is 0 Å². The van der Waals surface area contributed by atoms with Gasteiger partial charge in [-0.15, -0.1) is 0 Å². The van der Waals surface area contributed by atoms with Crippen molar-refractivity contribution in [1.82, 2.24) is 10.3 Å². The van der Waals surface area contributed by atoms with Crippen LogP contribution in [0.25, 0.3) is 16.7 Å². The quantitative estimate of drug-likeness (QED) is 0.204. The summed E-state index contributed by atoms with van der Waals surface area (Å²) in [5.74, 6) is -0.0835. The van der Waals surface area contributed by atoms with Crippen molar-refractivity contribution in [3.05, 3.63) is 94.7 Å². The Kier molecular flexibility index (Phi) is 13.5. The fraction of sp³-hybridized carbons (Fsp3) is 0.385. The van der Waals surface area contributed by atoms with E-state index >= 15 is 0 Å². The molecule has 1 saturated heterocycles. The summed E-state index contributed by atoms with van der Waals surface area (Å²) in [6.45, 7) is 14.9. The molecule has 2 atom stereocenters. The second-order valence-electron chi connectivity index (χ2n) is 11.6. The van der Waals surface area contributed by atoms with Crippen LogP contribution < -0.4 is 15.5 Å². The molecule has 46 heavy (non-hydrogen) atoms. The number of ketones is 1. The molecule has 7 nitrogen and oxygen atoms in total. The van der Waals surface area contributed by atoms with Crippen LogP contribution in [0.2, 0.25) is 0 Å². The van der Waals surface area contributed by atoms with E-state index in [9.17, 15) is 14.9 Å². The first-order valence-corrected chi connectivity index (χ1v) is 16.4. The van der Waals surface area contributed by atoms with Gasteiger partial charge in [-0.05, 0) is 88.4 Å². The standard InChI is InChI=1S/C31H30N4O2.C6H13N.C2H6/c1-6-10-24(19(2)3)27-17-25(22-13-9-12-21(15-22)20(4)36)26(18-32)30(33-27)34-31(37)29-16-23-11-7-8-14-28(23)35(29)5;1-2-6-4-3-5-7-6;1-2/h6-15,17,29H,16H2,1-5H3,(H,33,34,37);6-7H,2-5H2,1H3;1-2H3/b10-6-;;. The molecule has 1 fully saturated rings. The van der Waals surface area contributed by atoms with Gasteiger partial charge in [0.1, 0.15) is 17.7 Å². The molecule has 1 amide bonds. The van der Waals surface area contributed by atoms with E-state index in [1.165, 1.54) is 32.7 Å². The summed E-state index contributed by atoms with van der Waals surface area (Å²) in [6, 6.07) is 19.7. The predicted octanol–water partition coefficient (Wildman–Crippen LogP) is 8.37. The van der Waals surface area contributed by atoms with Gasteiger partial charge in [0.2, 0.25) is 5.91 Å². The molecule has 0 radical (unpaired) electrons. The van der Waals surface area contributed by atoms with Crippen LogP contribution in [0.5, 0.6) is 0 Å². The molecule has 0 spiro atoms. The average molecular weight is 620 g/mol. The van der Waals surface area contributed by atoms with Crippen LogP contribution in [0.3, 0.4) is 0 Å². The van der Waals surface area contributed by atoms with Crippen molar-refractivity contribution >= 4 is 28.8 Å². The van der Waals surface area contributed by atoms with E-state index in [0.717, 1.165) is 28.4 Å². The number of hydrogen-bond donors (Lipinski definition) is 2. The number of carbonyl (C=O) groups excluding carboxylic acids is 2. The maximum absolute atomic E-state index is 13.5. The van der Waals surface area contributed by atoms with Gasteiger partial charge in [0.05, 0.1) is 5.69 Å². The Bertz CT molecular complexity index is 1620. The van der Waals surface area contributed by atoms with E-state index in [1.54, 1.807) is 18.2 Å². The number of fused-ring (bicyclic) bond motifs is 1. The molecule has 0 bridgehead atoms. The summed E-state index contributed by atoms with van der Waals surface area (Å²) in [4.78, 5) is 32.3. The zero-order valence-electron chi connectivity index (χ0n) is 28.7. The van der Waals surface area contributed by atoms with Crippen molar-refractivity contribution < 1.29 is 9.59 Å². The summed E-state index contributed by atoms with van der Waals surface area (Å²) in [7, 11) is 1.90. The zero-order chi connectivity index (χ0) is 33.8. The first kappa shape index (κ1) is 35.9. The molecule has 3 heterocycles. The lowest BCUT2D eigenvalue weighted by molar-refractivity contribution is -0.117. The topological polar surface area (TPSA) is 98.1 Å². The SMILES string of the molecule is C/C=C\C(=C(C)C)c1cc(-c2cccc(C(C)=O)c2)c(C#N)c(NC(=O)C2Cc3ccccc3N2C)n1.CC.CCC1CCCN1. The van der Waals surface area contributed by atoms with Crippen molar-refractivity contribution in [3.8, 4) is 17.2 Å². The highest BCUT2D eigenvalue weighted by atomic mass is 16.2. The minimum atomic E-state index is -0.419. The number of rotatable bonds is 7. The van der Waals surface area contributed by atoms with Gasteiger partial charge in [-0.1, -0.05) is 74.9 Å². The molecule has 2 aliphatic rings. The molecular formula is C39H49N5O2. The molecule has 2 aromatic carbocycles. The van der Waals surface area contributed by atoms with Gasteiger partial charge in [0.25, 0.3) is 0 Å². The number of aromatic nitrogens is 1. The molecule has 242 valence electrons. The Labute approximate surface area is 275 Å². The Morgan fingerprint density at radius 3 is 2.41 bits per heavy atom. The lowest BCUT2D eigenvalue weighted by atomic mass is 9.95. The van der Waals surface area contributed by atoms with Crippen LogP contribution in [0.15, 0.2) is 72.3 Å². The van der Waals surface area contributed by atoms with Crippen LogP contribution >= 0.6 is 0 Å². The molecule has 7 heteroatoms. The first-order valence-electron chi connectivity index (χ1n) is 16.4. The van der Waals surface area contributed by atoms with Crippen molar-refractivity contribution in [1.29, 1.82) is 5.26 Å². The number of nitrogens with zero attached hydrogens (tertiary/aromatic N) is 3. The smallest absolute Gasteiger partial charge is 0.248 e. The lowest BCUT2D eigenvalue weighted by Crippen LogP contribution is -2.40. The normalized spacial score (nSPS) is 16.4. The minimum absolute atomic E-state index is 0.0640. The molecule has 0 saturated carbocycles. The van der Waals surface area contributed by atoms with Gasteiger partial charge >= 0.3 is 0 Å². The minimum Gasteiger partial charge on any atom is -0.362 e. The molecule has 0 aliphatic carbocycles. The summed E-state index contributed by atoms with van der Waals surface area (Å²) >= 11 is 0. The van der Waals surface area contributed by atoms with Crippen molar-refractivity contribution in [2.75, 3.05) is 23.8 Å². The van der Waals surface area contributed by atoms with E-state index < -0.39 is 6.04 Å². The molecule has 2 aliphatic heterocycles. The first-order chi connectivity index (χ1) is 22.2. The molecule has 1 aromatic heterocycles. The van der Waals surface area contributed by atoms with Gasteiger partial charge in [-0.2, -0.15) is 5.26 Å². The molecule has 2 N–H and O–H groups in total. The summed E-state index contributed by atoms with van der Waals surface area (Å²) in [6.07, 6.45) is 8.56. The third kappa shape index (κ3) is 8.58. The van der Waals surface area contributed by atoms with E-state index in [1.807, 2.05) is 95.1 Å². The van der Waals surface area contributed by atoms with Crippen molar-refractivity contribution in [2.45, 2.75) is 86.2 Å². The number of nitriles is 1. The van der Waals surface area contributed by atoms with E-state index in [2.05, 4.69) is 23.6 Å². The van der Waals surface area contributed by atoms with Crippen LogP contribution in [0.4, 0.5) is 11.5 Å². The summed E-state index contributed by atoms with van der Waals surface area (Å²) in [5.41, 5.74) is 6.83.